The molecule has 114 valence electrons. The van der Waals surface area contributed by atoms with Gasteiger partial charge in [0, 0.05) is 25.5 Å². The van der Waals surface area contributed by atoms with Crippen LogP contribution in [-0.2, 0) is 23.1 Å². The van der Waals surface area contributed by atoms with E-state index < -0.39 is 10.0 Å². The molecule has 0 spiro atoms. The number of hydrogen-bond acceptors (Lipinski definition) is 4. The van der Waals surface area contributed by atoms with E-state index in [4.69, 9.17) is 0 Å². The number of aromatic nitrogens is 2. The Balaban J connectivity index is 1.62. The van der Waals surface area contributed by atoms with Crippen LogP contribution in [0.4, 0.5) is 0 Å². The van der Waals surface area contributed by atoms with Crippen LogP contribution in [0.2, 0.25) is 0 Å². The Hall–Kier alpha value is -1.96. The summed E-state index contributed by atoms with van der Waals surface area (Å²) in [5, 5.41) is 1.75. The highest BCUT2D eigenvalue weighted by Gasteiger charge is 2.14. The third-order valence-corrected chi connectivity index (χ3v) is 5.97. The quantitative estimate of drug-likeness (QED) is 0.754. The fourth-order valence-corrected chi connectivity index (χ4v) is 4.07. The van der Waals surface area contributed by atoms with Gasteiger partial charge in [0.15, 0.2) is 0 Å². The van der Waals surface area contributed by atoms with E-state index >= 15 is 0 Å². The molecule has 2 aromatic heterocycles. The summed E-state index contributed by atoms with van der Waals surface area (Å²) in [5.41, 5.74) is 2.07. The molecule has 3 rings (SSSR count). The van der Waals surface area contributed by atoms with E-state index in [1.165, 1.54) is 11.3 Å². The topological polar surface area (TPSA) is 64.0 Å². The van der Waals surface area contributed by atoms with Gasteiger partial charge in [-0.1, -0.05) is 30.3 Å². The molecule has 2 heterocycles. The fourth-order valence-electron chi connectivity index (χ4n) is 2.02. The van der Waals surface area contributed by atoms with Crippen molar-refractivity contribution in [3.05, 3.63) is 71.6 Å². The van der Waals surface area contributed by atoms with Crippen molar-refractivity contribution >= 4 is 21.4 Å². The van der Waals surface area contributed by atoms with Crippen molar-refractivity contribution in [3.8, 4) is 0 Å². The molecule has 0 fully saturated rings. The van der Waals surface area contributed by atoms with E-state index in [-0.39, 0.29) is 6.54 Å². The number of sulfonamides is 1. The Morgan fingerprint density at radius 1 is 1.14 bits per heavy atom. The summed E-state index contributed by atoms with van der Waals surface area (Å²) >= 11 is 1.21. The number of thiophene rings is 1. The monoisotopic (exact) mass is 333 g/mol. The summed E-state index contributed by atoms with van der Waals surface area (Å²) in [6, 6.07) is 11.2. The Morgan fingerprint density at radius 3 is 2.55 bits per heavy atom. The van der Waals surface area contributed by atoms with Crippen molar-refractivity contribution in [1.29, 1.82) is 0 Å². The first-order chi connectivity index (χ1) is 10.6. The lowest BCUT2D eigenvalue weighted by molar-refractivity contribution is 0.583. The summed E-state index contributed by atoms with van der Waals surface area (Å²) in [7, 11) is -3.41. The lowest BCUT2D eigenvalue weighted by Crippen LogP contribution is -2.22. The minimum atomic E-state index is -3.41. The standard InChI is InChI=1S/C15H15N3O2S2/c19-22(20,15-2-1-9-21-15)17-10-13-3-5-14(6-4-13)11-18-8-7-16-12-18/h1-9,12,17H,10-11H2. The maximum absolute atomic E-state index is 12.0. The van der Waals surface area contributed by atoms with Crippen molar-refractivity contribution in [2.24, 2.45) is 0 Å². The molecule has 1 N–H and O–H groups in total. The van der Waals surface area contributed by atoms with Gasteiger partial charge < -0.3 is 4.57 Å². The molecule has 3 aromatic rings. The van der Waals surface area contributed by atoms with Gasteiger partial charge in [-0.3, -0.25) is 0 Å². The van der Waals surface area contributed by atoms with Crippen LogP contribution in [0.1, 0.15) is 11.1 Å². The molecule has 0 saturated heterocycles. The lowest BCUT2D eigenvalue weighted by Gasteiger charge is -2.07. The zero-order chi connectivity index (χ0) is 15.4. The van der Waals surface area contributed by atoms with Crippen LogP contribution in [0.5, 0.6) is 0 Å². The third-order valence-electron chi connectivity index (χ3n) is 3.17. The number of hydrogen-bond donors (Lipinski definition) is 1. The van der Waals surface area contributed by atoms with Crippen LogP contribution in [0.15, 0.2) is 64.7 Å². The van der Waals surface area contributed by atoms with Gasteiger partial charge in [-0.15, -0.1) is 11.3 Å². The average molecular weight is 333 g/mol. The third kappa shape index (κ3) is 3.62. The summed E-state index contributed by atoms with van der Waals surface area (Å²) < 4.78 is 29.0. The van der Waals surface area contributed by atoms with Gasteiger partial charge in [0.25, 0.3) is 0 Å². The van der Waals surface area contributed by atoms with E-state index in [0.29, 0.717) is 4.21 Å². The largest absolute Gasteiger partial charge is 0.333 e. The molecule has 7 heteroatoms. The minimum absolute atomic E-state index is 0.283. The summed E-state index contributed by atoms with van der Waals surface area (Å²) in [6.45, 7) is 1.03. The lowest BCUT2D eigenvalue weighted by atomic mass is 10.1. The molecule has 0 saturated carbocycles. The van der Waals surface area contributed by atoms with Gasteiger partial charge in [-0.05, 0) is 22.6 Å². The van der Waals surface area contributed by atoms with Gasteiger partial charge in [0.2, 0.25) is 10.0 Å². The van der Waals surface area contributed by atoms with Gasteiger partial charge in [0.05, 0.1) is 6.33 Å². The highest BCUT2D eigenvalue weighted by molar-refractivity contribution is 7.91. The van der Waals surface area contributed by atoms with Crippen molar-refractivity contribution < 1.29 is 8.42 Å². The van der Waals surface area contributed by atoms with Crippen molar-refractivity contribution in [3.63, 3.8) is 0 Å². The van der Waals surface area contributed by atoms with Crippen molar-refractivity contribution in [2.75, 3.05) is 0 Å². The van der Waals surface area contributed by atoms with Crippen LogP contribution < -0.4 is 4.72 Å². The zero-order valence-electron chi connectivity index (χ0n) is 11.7. The number of imidazole rings is 1. The van der Waals surface area contributed by atoms with Crippen LogP contribution in [0.3, 0.4) is 0 Å². The Morgan fingerprint density at radius 2 is 1.91 bits per heavy atom. The van der Waals surface area contributed by atoms with Crippen LogP contribution in [0.25, 0.3) is 0 Å². The first-order valence-corrected chi connectivity index (χ1v) is 9.06. The second-order valence-electron chi connectivity index (χ2n) is 4.81. The molecule has 0 bridgehead atoms. The molecular formula is C15H15N3O2S2. The normalized spacial score (nSPS) is 11.6. The second-order valence-corrected chi connectivity index (χ2v) is 7.75. The first kappa shape index (κ1) is 15.0. The Bertz CT molecular complexity index is 808. The van der Waals surface area contributed by atoms with E-state index in [2.05, 4.69) is 9.71 Å². The molecule has 0 amide bonds. The molecule has 0 aliphatic carbocycles. The molecule has 0 unspecified atom stereocenters. The predicted molar refractivity (Wildman–Crippen MR) is 86.1 cm³/mol. The molecular weight excluding hydrogens is 318 g/mol. The predicted octanol–water partition coefficient (Wildman–Crippen LogP) is 2.47. The smallest absolute Gasteiger partial charge is 0.250 e. The van der Waals surface area contributed by atoms with E-state index in [9.17, 15) is 8.42 Å². The second kappa shape index (κ2) is 6.43. The number of nitrogens with one attached hydrogen (secondary N) is 1. The summed E-state index contributed by atoms with van der Waals surface area (Å²) in [6.07, 6.45) is 5.42. The summed E-state index contributed by atoms with van der Waals surface area (Å²) in [4.78, 5) is 4.00. The Labute approximate surface area is 133 Å². The zero-order valence-corrected chi connectivity index (χ0v) is 13.3. The van der Waals surface area contributed by atoms with Gasteiger partial charge in [-0.2, -0.15) is 0 Å². The van der Waals surface area contributed by atoms with Crippen LogP contribution in [0, 0.1) is 0 Å². The SMILES string of the molecule is O=S(=O)(NCc1ccc(Cn2ccnc2)cc1)c1cccs1. The molecule has 1 aromatic carbocycles. The molecule has 0 radical (unpaired) electrons. The number of benzene rings is 1. The average Bonchev–Trinajstić information content (AvgIpc) is 3.20. The van der Waals surface area contributed by atoms with Crippen molar-refractivity contribution in [1.82, 2.24) is 14.3 Å². The number of nitrogens with zero attached hydrogens (tertiary/aromatic N) is 2. The molecule has 22 heavy (non-hydrogen) atoms. The Kier molecular flexibility index (Phi) is 4.37. The maximum Gasteiger partial charge on any atom is 0.250 e. The van der Waals surface area contributed by atoms with Crippen LogP contribution in [-0.4, -0.2) is 18.0 Å². The molecule has 0 aliphatic rings. The fraction of sp³-hybridized carbons (Fsp3) is 0.133. The van der Waals surface area contributed by atoms with E-state index in [1.54, 1.807) is 30.0 Å². The van der Waals surface area contributed by atoms with Crippen LogP contribution >= 0.6 is 11.3 Å². The van der Waals surface area contributed by atoms with Gasteiger partial charge in [-0.25, -0.2) is 18.1 Å². The first-order valence-electron chi connectivity index (χ1n) is 6.70. The summed E-state index contributed by atoms with van der Waals surface area (Å²) in [5.74, 6) is 0. The van der Waals surface area contributed by atoms with Gasteiger partial charge >= 0.3 is 0 Å². The molecule has 0 atom stereocenters. The minimum Gasteiger partial charge on any atom is -0.333 e. The van der Waals surface area contributed by atoms with Crippen molar-refractivity contribution in [2.45, 2.75) is 17.3 Å². The molecule has 5 nitrogen and oxygen atoms in total. The maximum atomic E-state index is 12.0. The van der Waals surface area contributed by atoms with E-state index in [1.807, 2.05) is 35.0 Å². The highest BCUT2D eigenvalue weighted by Crippen LogP contribution is 2.16. The number of rotatable bonds is 6. The van der Waals surface area contributed by atoms with E-state index in [0.717, 1.165) is 17.7 Å². The van der Waals surface area contributed by atoms with Gasteiger partial charge in [0.1, 0.15) is 4.21 Å². The highest BCUT2D eigenvalue weighted by atomic mass is 32.2. The molecule has 0 aliphatic heterocycles.